The summed E-state index contributed by atoms with van der Waals surface area (Å²) < 4.78 is 18.3. The summed E-state index contributed by atoms with van der Waals surface area (Å²) in [7, 11) is 1.39. The molecule has 0 saturated heterocycles. The maximum Gasteiger partial charge on any atom is 0.309 e. The number of aliphatic carboxylic acids is 1. The minimum absolute atomic E-state index is 0.130. The van der Waals surface area contributed by atoms with E-state index in [2.05, 4.69) is 10.3 Å². The minimum atomic E-state index is -0.938. The number of carboxylic acids is 1. The van der Waals surface area contributed by atoms with Crippen LogP contribution in [0.5, 0.6) is 5.75 Å². The van der Waals surface area contributed by atoms with Gasteiger partial charge < -0.3 is 15.2 Å². The maximum atomic E-state index is 13.5. The molecule has 1 aromatic carbocycles. The van der Waals surface area contributed by atoms with E-state index in [1.807, 2.05) is 0 Å². The molecule has 1 heterocycles. The first-order valence-corrected chi connectivity index (χ1v) is 6.23. The number of nitrogens with zero attached hydrogens (tertiary/aromatic N) is 1. The summed E-state index contributed by atoms with van der Waals surface area (Å²) in [4.78, 5) is 14.6. The van der Waals surface area contributed by atoms with Crippen LogP contribution in [-0.2, 0) is 11.2 Å². The third kappa shape index (κ3) is 3.41. The van der Waals surface area contributed by atoms with E-state index in [0.29, 0.717) is 16.5 Å². The highest BCUT2D eigenvalue weighted by atomic mass is 32.1. The van der Waals surface area contributed by atoms with E-state index >= 15 is 0 Å². The number of ether oxygens (including phenoxy) is 1. The molecule has 0 aliphatic heterocycles. The van der Waals surface area contributed by atoms with Gasteiger partial charge in [0.15, 0.2) is 16.7 Å². The fourth-order valence-corrected chi connectivity index (χ4v) is 2.20. The number of anilines is 2. The van der Waals surface area contributed by atoms with E-state index < -0.39 is 11.8 Å². The number of rotatable bonds is 5. The zero-order valence-electron chi connectivity index (χ0n) is 10.0. The lowest BCUT2D eigenvalue weighted by atomic mass is 10.3. The van der Waals surface area contributed by atoms with Gasteiger partial charge >= 0.3 is 5.97 Å². The Balaban J connectivity index is 2.10. The molecule has 2 N–H and O–H groups in total. The molecule has 0 atom stereocenters. The lowest BCUT2D eigenvalue weighted by Gasteiger charge is -2.05. The van der Waals surface area contributed by atoms with Crippen molar-refractivity contribution in [2.24, 2.45) is 0 Å². The average Bonchev–Trinajstić information content (AvgIpc) is 2.76. The van der Waals surface area contributed by atoms with Crippen molar-refractivity contribution in [3.63, 3.8) is 0 Å². The summed E-state index contributed by atoms with van der Waals surface area (Å²) in [5, 5.41) is 13.7. The van der Waals surface area contributed by atoms with Crippen LogP contribution in [0.2, 0.25) is 0 Å². The summed E-state index contributed by atoms with van der Waals surface area (Å²) in [5.41, 5.74) is 0.989. The monoisotopic (exact) mass is 282 g/mol. The predicted octanol–water partition coefficient (Wildman–Crippen LogP) is 2.66. The van der Waals surface area contributed by atoms with Crippen molar-refractivity contribution in [1.82, 2.24) is 4.98 Å². The number of halogens is 1. The number of hydrogen-bond donors (Lipinski definition) is 2. The number of aromatic nitrogens is 1. The highest BCUT2D eigenvalue weighted by molar-refractivity contribution is 7.13. The minimum Gasteiger partial charge on any atom is -0.494 e. The molecule has 0 unspecified atom stereocenters. The first-order valence-electron chi connectivity index (χ1n) is 5.35. The van der Waals surface area contributed by atoms with Gasteiger partial charge in [0.25, 0.3) is 0 Å². The SMILES string of the molecule is COc1ccc(Nc2nc(CC(=O)O)cs2)cc1F. The van der Waals surface area contributed by atoms with Crippen molar-refractivity contribution < 1.29 is 19.0 Å². The number of nitrogens with one attached hydrogen (secondary N) is 1. The molecule has 2 rings (SSSR count). The van der Waals surface area contributed by atoms with Crippen molar-refractivity contribution in [1.29, 1.82) is 0 Å². The molecule has 2 aromatic rings. The second-order valence-electron chi connectivity index (χ2n) is 3.69. The summed E-state index contributed by atoms with van der Waals surface area (Å²) in [6.07, 6.45) is -0.130. The van der Waals surface area contributed by atoms with Gasteiger partial charge in [-0.1, -0.05) is 0 Å². The second-order valence-corrected chi connectivity index (χ2v) is 4.55. The Morgan fingerprint density at radius 1 is 1.58 bits per heavy atom. The van der Waals surface area contributed by atoms with Gasteiger partial charge in [0.2, 0.25) is 0 Å². The first-order chi connectivity index (χ1) is 9.08. The van der Waals surface area contributed by atoms with Gasteiger partial charge in [-0.3, -0.25) is 4.79 Å². The summed E-state index contributed by atoms with van der Waals surface area (Å²) in [5.74, 6) is -1.25. The third-order valence-electron chi connectivity index (χ3n) is 2.29. The van der Waals surface area contributed by atoms with Gasteiger partial charge in [-0.25, -0.2) is 9.37 Å². The first kappa shape index (κ1) is 13.3. The molecule has 1 aromatic heterocycles. The molecule has 0 bridgehead atoms. The fourth-order valence-electron chi connectivity index (χ4n) is 1.47. The summed E-state index contributed by atoms with van der Waals surface area (Å²) in [6, 6.07) is 4.45. The molecule has 19 heavy (non-hydrogen) atoms. The van der Waals surface area contributed by atoms with Crippen molar-refractivity contribution >= 4 is 28.1 Å². The second kappa shape index (κ2) is 5.66. The standard InChI is InChI=1S/C12H11FN2O3S/c1-18-10-3-2-7(4-9(10)13)14-12-15-8(6-19-12)5-11(16)17/h2-4,6H,5H2,1H3,(H,14,15)(H,16,17). The molecule has 100 valence electrons. The van der Waals surface area contributed by atoms with Crippen LogP contribution in [0.15, 0.2) is 23.6 Å². The van der Waals surface area contributed by atoms with Crippen LogP contribution in [-0.4, -0.2) is 23.2 Å². The van der Waals surface area contributed by atoms with Gasteiger partial charge in [0.1, 0.15) is 0 Å². The van der Waals surface area contributed by atoms with Crippen molar-refractivity contribution in [2.45, 2.75) is 6.42 Å². The fraction of sp³-hybridized carbons (Fsp3) is 0.167. The van der Waals surface area contributed by atoms with Crippen LogP contribution in [0.1, 0.15) is 5.69 Å². The predicted molar refractivity (Wildman–Crippen MR) is 69.7 cm³/mol. The van der Waals surface area contributed by atoms with Crippen LogP contribution in [0.4, 0.5) is 15.2 Å². The third-order valence-corrected chi connectivity index (χ3v) is 3.09. The van der Waals surface area contributed by atoms with Gasteiger partial charge in [-0.15, -0.1) is 11.3 Å². The molecular weight excluding hydrogens is 271 g/mol. The number of thiazole rings is 1. The Bertz CT molecular complexity index is 600. The number of methoxy groups -OCH3 is 1. The number of carbonyl (C=O) groups is 1. The molecule has 0 spiro atoms. The Morgan fingerprint density at radius 3 is 3.00 bits per heavy atom. The smallest absolute Gasteiger partial charge is 0.309 e. The molecule has 7 heteroatoms. The van der Waals surface area contributed by atoms with Crippen LogP contribution in [0, 0.1) is 5.82 Å². The van der Waals surface area contributed by atoms with Crippen LogP contribution in [0.25, 0.3) is 0 Å². The molecule has 0 fully saturated rings. The molecule has 0 aliphatic carbocycles. The van der Waals surface area contributed by atoms with Crippen molar-refractivity contribution in [2.75, 3.05) is 12.4 Å². The molecule has 5 nitrogen and oxygen atoms in total. The Hall–Kier alpha value is -2.15. The normalized spacial score (nSPS) is 10.2. The lowest BCUT2D eigenvalue weighted by molar-refractivity contribution is -0.136. The van der Waals surface area contributed by atoms with Crippen LogP contribution < -0.4 is 10.1 Å². The van der Waals surface area contributed by atoms with Crippen LogP contribution in [0.3, 0.4) is 0 Å². The zero-order chi connectivity index (χ0) is 13.8. The largest absolute Gasteiger partial charge is 0.494 e. The number of benzene rings is 1. The molecule has 0 amide bonds. The van der Waals surface area contributed by atoms with Gasteiger partial charge in [-0.05, 0) is 12.1 Å². The van der Waals surface area contributed by atoms with E-state index in [4.69, 9.17) is 9.84 Å². The molecular formula is C12H11FN2O3S. The van der Waals surface area contributed by atoms with Gasteiger partial charge in [0, 0.05) is 17.1 Å². The lowest BCUT2D eigenvalue weighted by Crippen LogP contribution is -2.00. The summed E-state index contributed by atoms with van der Waals surface area (Å²) >= 11 is 1.26. The van der Waals surface area contributed by atoms with E-state index in [1.165, 1.54) is 30.6 Å². The van der Waals surface area contributed by atoms with E-state index in [0.717, 1.165) is 0 Å². The van der Waals surface area contributed by atoms with Gasteiger partial charge in [0.05, 0.1) is 19.2 Å². The topological polar surface area (TPSA) is 71.5 Å². The van der Waals surface area contributed by atoms with Gasteiger partial charge in [-0.2, -0.15) is 0 Å². The molecule has 0 radical (unpaired) electrons. The Labute approximate surface area is 112 Å². The number of hydrogen-bond acceptors (Lipinski definition) is 5. The van der Waals surface area contributed by atoms with Crippen LogP contribution >= 0.6 is 11.3 Å². The summed E-state index contributed by atoms with van der Waals surface area (Å²) in [6.45, 7) is 0. The molecule has 0 saturated carbocycles. The Kier molecular flexibility index (Phi) is 3.96. The highest BCUT2D eigenvalue weighted by Crippen LogP contribution is 2.25. The van der Waals surface area contributed by atoms with E-state index in [9.17, 15) is 9.18 Å². The number of carboxylic acid groups (broad SMARTS) is 1. The van der Waals surface area contributed by atoms with Crippen molar-refractivity contribution in [3.05, 3.63) is 35.1 Å². The van der Waals surface area contributed by atoms with E-state index in [1.54, 1.807) is 11.4 Å². The average molecular weight is 282 g/mol. The Morgan fingerprint density at radius 2 is 2.37 bits per heavy atom. The highest BCUT2D eigenvalue weighted by Gasteiger charge is 2.08. The quantitative estimate of drug-likeness (QED) is 0.882. The van der Waals surface area contributed by atoms with Crippen molar-refractivity contribution in [3.8, 4) is 5.75 Å². The maximum absolute atomic E-state index is 13.5. The molecule has 0 aliphatic rings. The van der Waals surface area contributed by atoms with E-state index in [-0.39, 0.29) is 12.2 Å². The zero-order valence-corrected chi connectivity index (χ0v) is 10.8.